The molecule has 17 heavy (non-hydrogen) atoms. The molecule has 0 unspecified atom stereocenters. The zero-order chi connectivity index (χ0) is 13.0. The van der Waals surface area contributed by atoms with Crippen LogP contribution in [0.5, 0.6) is 0 Å². The van der Waals surface area contributed by atoms with Crippen molar-refractivity contribution in [2.75, 3.05) is 13.1 Å². The van der Waals surface area contributed by atoms with Gasteiger partial charge in [0, 0.05) is 18.7 Å². The second kappa shape index (κ2) is 5.66. The molecule has 1 rings (SSSR count). The lowest BCUT2D eigenvalue weighted by molar-refractivity contribution is -0.129. The van der Waals surface area contributed by atoms with E-state index in [1.165, 1.54) is 0 Å². The summed E-state index contributed by atoms with van der Waals surface area (Å²) in [6, 6.07) is 0. The molecule has 0 aliphatic rings. The zero-order valence-corrected chi connectivity index (χ0v) is 11.0. The van der Waals surface area contributed by atoms with Gasteiger partial charge in [0.05, 0.1) is 12.1 Å². The Bertz CT molecular complexity index is 402. The molecule has 0 saturated carbocycles. The monoisotopic (exact) mass is 236 g/mol. The van der Waals surface area contributed by atoms with Crippen molar-refractivity contribution in [1.29, 1.82) is 0 Å². The molecule has 0 bridgehead atoms. The first-order chi connectivity index (χ1) is 7.95. The summed E-state index contributed by atoms with van der Waals surface area (Å²) < 4.78 is 5.05. The highest BCUT2D eigenvalue weighted by Gasteiger charge is 2.17. The van der Waals surface area contributed by atoms with Crippen LogP contribution in [-0.4, -0.2) is 29.1 Å². The lowest BCUT2D eigenvalue weighted by Crippen LogP contribution is -2.33. The fourth-order valence-electron chi connectivity index (χ4n) is 1.72. The van der Waals surface area contributed by atoms with E-state index in [0.29, 0.717) is 19.5 Å². The standard InChI is InChI=1S/C13H20N2O2/c1-6-15(8-9(2)3)13(16)7-12-10(4)14-17-11(12)5/h2,6-8H2,1,3-5H3. The first kappa shape index (κ1) is 13.5. The molecule has 1 aromatic rings. The Morgan fingerprint density at radius 3 is 2.53 bits per heavy atom. The molecule has 1 heterocycles. The van der Waals surface area contributed by atoms with Crippen molar-refractivity contribution >= 4 is 5.91 Å². The molecule has 0 fully saturated rings. The number of aromatic nitrogens is 1. The number of amides is 1. The molecule has 0 N–H and O–H groups in total. The van der Waals surface area contributed by atoms with Gasteiger partial charge in [0.25, 0.3) is 0 Å². The summed E-state index contributed by atoms with van der Waals surface area (Å²) in [6.07, 6.45) is 0.349. The fourth-order valence-corrected chi connectivity index (χ4v) is 1.72. The number of hydrogen-bond donors (Lipinski definition) is 0. The fraction of sp³-hybridized carbons (Fsp3) is 0.538. The second-order valence-electron chi connectivity index (χ2n) is 4.34. The molecule has 4 nitrogen and oxygen atoms in total. The minimum absolute atomic E-state index is 0.0879. The smallest absolute Gasteiger partial charge is 0.227 e. The van der Waals surface area contributed by atoms with E-state index in [4.69, 9.17) is 4.52 Å². The molecule has 0 aromatic carbocycles. The lowest BCUT2D eigenvalue weighted by Gasteiger charge is -2.20. The summed E-state index contributed by atoms with van der Waals surface area (Å²) in [7, 11) is 0. The van der Waals surface area contributed by atoms with Crippen molar-refractivity contribution in [1.82, 2.24) is 10.1 Å². The van der Waals surface area contributed by atoms with Crippen LogP contribution in [0.3, 0.4) is 0 Å². The molecule has 0 aliphatic heterocycles. The van der Waals surface area contributed by atoms with Gasteiger partial charge in [-0.1, -0.05) is 17.3 Å². The maximum atomic E-state index is 12.1. The van der Waals surface area contributed by atoms with Gasteiger partial charge in [-0.2, -0.15) is 0 Å². The predicted molar refractivity (Wildman–Crippen MR) is 66.7 cm³/mol. The van der Waals surface area contributed by atoms with Crippen LogP contribution in [-0.2, 0) is 11.2 Å². The van der Waals surface area contributed by atoms with Crippen molar-refractivity contribution in [3.8, 4) is 0 Å². The molecule has 0 radical (unpaired) electrons. The van der Waals surface area contributed by atoms with E-state index in [2.05, 4.69) is 11.7 Å². The van der Waals surface area contributed by atoms with Crippen LogP contribution in [0, 0.1) is 13.8 Å². The van der Waals surface area contributed by atoms with E-state index in [1.807, 2.05) is 27.7 Å². The van der Waals surface area contributed by atoms with E-state index in [9.17, 15) is 4.79 Å². The largest absolute Gasteiger partial charge is 0.361 e. The van der Waals surface area contributed by atoms with Gasteiger partial charge in [-0.05, 0) is 27.7 Å². The highest BCUT2D eigenvalue weighted by atomic mass is 16.5. The average molecular weight is 236 g/mol. The van der Waals surface area contributed by atoms with Gasteiger partial charge in [0.15, 0.2) is 0 Å². The van der Waals surface area contributed by atoms with Gasteiger partial charge >= 0.3 is 0 Å². The Morgan fingerprint density at radius 2 is 2.12 bits per heavy atom. The van der Waals surface area contributed by atoms with Crippen molar-refractivity contribution < 1.29 is 9.32 Å². The first-order valence-electron chi connectivity index (χ1n) is 5.79. The van der Waals surface area contributed by atoms with Crippen LogP contribution in [0.1, 0.15) is 30.9 Å². The number of carbonyl (C=O) groups excluding carboxylic acids is 1. The van der Waals surface area contributed by atoms with Gasteiger partial charge in [-0.25, -0.2) is 0 Å². The summed E-state index contributed by atoms with van der Waals surface area (Å²) >= 11 is 0. The molecular formula is C13H20N2O2. The van der Waals surface area contributed by atoms with Crippen LogP contribution >= 0.6 is 0 Å². The highest BCUT2D eigenvalue weighted by Crippen LogP contribution is 2.14. The SMILES string of the molecule is C=C(C)CN(CC)C(=O)Cc1c(C)noc1C. The average Bonchev–Trinajstić information content (AvgIpc) is 2.57. The third-order valence-corrected chi connectivity index (χ3v) is 2.70. The normalized spacial score (nSPS) is 10.4. The molecule has 0 aliphatic carbocycles. The second-order valence-corrected chi connectivity index (χ2v) is 4.34. The Kier molecular flexibility index (Phi) is 4.49. The van der Waals surface area contributed by atoms with Crippen LogP contribution in [0.4, 0.5) is 0 Å². The third kappa shape index (κ3) is 3.44. The molecule has 0 saturated heterocycles. The molecule has 0 atom stereocenters. The summed E-state index contributed by atoms with van der Waals surface area (Å²) in [5.74, 6) is 0.812. The number of rotatable bonds is 5. The molecular weight excluding hydrogens is 216 g/mol. The maximum absolute atomic E-state index is 12.1. The van der Waals surface area contributed by atoms with Crippen molar-refractivity contribution in [2.45, 2.75) is 34.1 Å². The van der Waals surface area contributed by atoms with E-state index < -0.39 is 0 Å². The Balaban J connectivity index is 2.74. The van der Waals surface area contributed by atoms with Gasteiger partial charge in [-0.15, -0.1) is 0 Å². The lowest BCUT2D eigenvalue weighted by atomic mass is 10.1. The number of hydrogen-bond acceptors (Lipinski definition) is 3. The minimum Gasteiger partial charge on any atom is -0.361 e. The van der Waals surface area contributed by atoms with E-state index >= 15 is 0 Å². The number of likely N-dealkylation sites (N-methyl/N-ethyl adjacent to an activating group) is 1. The third-order valence-electron chi connectivity index (χ3n) is 2.70. The maximum Gasteiger partial charge on any atom is 0.227 e. The molecule has 1 aromatic heterocycles. The van der Waals surface area contributed by atoms with E-state index in [0.717, 1.165) is 22.6 Å². The van der Waals surface area contributed by atoms with Crippen LogP contribution in [0.2, 0.25) is 0 Å². The minimum atomic E-state index is 0.0879. The highest BCUT2D eigenvalue weighted by molar-refractivity contribution is 5.79. The Hall–Kier alpha value is -1.58. The molecule has 1 amide bonds. The van der Waals surface area contributed by atoms with E-state index in [-0.39, 0.29) is 5.91 Å². The summed E-state index contributed by atoms with van der Waals surface area (Å²) in [5.41, 5.74) is 2.68. The Labute approximate surface area is 102 Å². The van der Waals surface area contributed by atoms with Crippen molar-refractivity contribution in [2.24, 2.45) is 0 Å². The summed E-state index contributed by atoms with van der Waals surface area (Å²) in [6.45, 7) is 12.7. The molecule has 4 heteroatoms. The van der Waals surface area contributed by atoms with Gasteiger partial charge in [0.1, 0.15) is 5.76 Å². The predicted octanol–water partition coefficient (Wildman–Crippen LogP) is 2.26. The zero-order valence-electron chi connectivity index (χ0n) is 11.0. The topological polar surface area (TPSA) is 46.3 Å². The number of aryl methyl sites for hydroxylation is 2. The molecule has 94 valence electrons. The quantitative estimate of drug-likeness (QED) is 0.737. The van der Waals surface area contributed by atoms with Gasteiger partial charge < -0.3 is 9.42 Å². The Morgan fingerprint density at radius 1 is 1.47 bits per heavy atom. The molecule has 0 spiro atoms. The summed E-state index contributed by atoms with van der Waals surface area (Å²) in [4.78, 5) is 13.9. The van der Waals surface area contributed by atoms with Crippen LogP contribution in [0.25, 0.3) is 0 Å². The number of carbonyl (C=O) groups is 1. The number of nitrogens with zero attached hydrogens (tertiary/aromatic N) is 2. The van der Waals surface area contributed by atoms with Gasteiger partial charge in [-0.3, -0.25) is 4.79 Å². The van der Waals surface area contributed by atoms with Crippen LogP contribution < -0.4 is 0 Å². The van der Waals surface area contributed by atoms with Crippen LogP contribution in [0.15, 0.2) is 16.7 Å². The van der Waals surface area contributed by atoms with Crippen molar-refractivity contribution in [3.05, 3.63) is 29.2 Å². The van der Waals surface area contributed by atoms with E-state index in [1.54, 1.807) is 4.90 Å². The van der Waals surface area contributed by atoms with Gasteiger partial charge in [0.2, 0.25) is 5.91 Å². The summed E-state index contributed by atoms with van der Waals surface area (Å²) in [5, 5.41) is 3.85. The van der Waals surface area contributed by atoms with Crippen molar-refractivity contribution in [3.63, 3.8) is 0 Å². The first-order valence-corrected chi connectivity index (χ1v) is 5.79.